The van der Waals surface area contributed by atoms with Crippen LogP contribution in [-0.4, -0.2) is 18.4 Å². The number of pyridine rings is 1. The minimum absolute atomic E-state index is 0.0209. The van der Waals surface area contributed by atoms with Crippen molar-refractivity contribution in [3.8, 4) is 0 Å². The summed E-state index contributed by atoms with van der Waals surface area (Å²) in [5, 5.41) is 1.00. The molecule has 1 unspecified atom stereocenters. The Bertz CT molecular complexity index is 774. The van der Waals surface area contributed by atoms with Crippen LogP contribution in [0.2, 0.25) is 5.02 Å². The monoisotopic (exact) mass is 346 g/mol. The summed E-state index contributed by atoms with van der Waals surface area (Å²) in [6, 6.07) is 0.890. The molecule has 2 aromatic rings. The Morgan fingerprint density at radius 3 is 2.62 bits per heavy atom. The number of nitrogen functional groups attached to an aromatic ring is 1. The van der Waals surface area contributed by atoms with Crippen LogP contribution in [0.4, 0.5) is 5.82 Å². The SMILES string of the molecule is Cc1nc(C)c(C(C)NS(=O)(=O)c2cnc(N)c(Cl)c2)s1. The Morgan fingerprint density at radius 2 is 2.10 bits per heavy atom. The van der Waals surface area contributed by atoms with Crippen LogP contribution < -0.4 is 10.5 Å². The molecule has 2 heterocycles. The molecule has 6 nitrogen and oxygen atoms in total. The molecular formula is C12H15ClN4O2S2. The van der Waals surface area contributed by atoms with Crippen LogP contribution in [0.5, 0.6) is 0 Å². The van der Waals surface area contributed by atoms with Gasteiger partial charge in [0.15, 0.2) is 0 Å². The van der Waals surface area contributed by atoms with Crippen molar-refractivity contribution in [2.24, 2.45) is 0 Å². The molecule has 2 aromatic heterocycles. The summed E-state index contributed by atoms with van der Waals surface area (Å²) in [6.07, 6.45) is 1.18. The Labute approximate surface area is 132 Å². The zero-order valence-corrected chi connectivity index (χ0v) is 14.1. The van der Waals surface area contributed by atoms with Crippen molar-refractivity contribution in [3.63, 3.8) is 0 Å². The standard InChI is InChI=1S/C12H15ClN4O2S2/c1-6-11(20-8(3)16-6)7(2)17-21(18,19)9-4-10(13)12(14)15-5-9/h4-5,7,17H,1-3H3,(H2,14,15). The first kappa shape index (κ1) is 16.2. The average Bonchev–Trinajstić information content (AvgIpc) is 2.71. The molecule has 0 bridgehead atoms. The highest BCUT2D eigenvalue weighted by Gasteiger charge is 2.22. The van der Waals surface area contributed by atoms with Gasteiger partial charge in [-0.1, -0.05) is 11.6 Å². The number of hydrogen-bond donors (Lipinski definition) is 2. The van der Waals surface area contributed by atoms with Crippen molar-refractivity contribution < 1.29 is 8.42 Å². The number of thiazole rings is 1. The number of anilines is 1. The van der Waals surface area contributed by atoms with E-state index in [-0.39, 0.29) is 15.7 Å². The molecule has 0 aromatic carbocycles. The van der Waals surface area contributed by atoms with Crippen LogP contribution in [0.25, 0.3) is 0 Å². The van der Waals surface area contributed by atoms with E-state index in [1.165, 1.54) is 23.6 Å². The zero-order chi connectivity index (χ0) is 15.8. The lowest BCUT2D eigenvalue weighted by atomic mass is 10.2. The van der Waals surface area contributed by atoms with Crippen LogP contribution >= 0.6 is 22.9 Å². The normalized spacial score (nSPS) is 13.3. The lowest BCUT2D eigenvalue weighted by Crippen LogP contribution is -2.27. The Balaban J connectivity index is 2.28. The number of nitrogens with two attached hydrogens (primary N) is 1. The second kappa shape index (κ2) is 5.88. The van der Waals surface area contributed by atoms with E-state index in [4.69, 9.17) is 17.3 Å². The summed E-state index contributed by atoms with van der Waals surface area (Å²) in [7, 11) is -3.73. The second-order valence-corrected chi connectivity index (χ2v) is 7.92. The third kappa shape index (κ3) is 3.52. The van der Waals surface area contributed by atoms with Crippen molar-refractivity contribution in [2.45, 2.75) is 31.7 Å². The van der Waals surface area contributed by atoms with Crippen molar-refractivity contribution >= 4 is 38.8 Å². The van der Waals surface area contributed by atoms with E-state index in [9.17, 15) is 8.42 Å². The first-order valence-corrected chi connectivity index (χ1v) is 8.75. The number of aryl methyl sites for hydroxylation is 2. The third-order valence-electron chi connectivity index (χ3n) is 2.82. The number of sulfonamides is 1. The Hall–Kier alpha value is -1.22. The summed E-state index contributed by atoms with van der Waals surface area (Å²) >= 11 is 7.28. The van der Waals surface area contributed by atoms with Crippen LogP contribution in [0.3, 0.4) is 0 Å². The van der Waals surface area contributed by atoms with Crippen LogP contribution in [0.1, 0.15) is 28.5 Å². The van der Waals surface area contributed by atoms with Crippen LogP contribution in [-0.2, 0) is 10.0 Å². The average molecular weight is 347 g/mol. The minimum atomic E-state index is -3.73. The molecule has 114 valence electrons. The van der Waals surface area contributed by atoms with E-state index < -0.39 is 16.1 Å². The minimum Gasteiger partial charge on any atom is -0.382 e. The fraction of sp³-hybridized carbons (Fsp3) is 0.333. The largest absolute Gasteiger partial charge is 0.382 e. The summed E-state index contributed by atoms with van der Waals surface area (Å²) in [6.45, 7) is 5.50. The molecule has 0 saturated heterocycles. The molecule has 0 aliphatic carbocycles. The van der Waals surface area contributed by atoms with E-state index in [0.29, 0.717) is 0 Å². The fourth-order valence-corrected chi connectivity index (χ4v) is 4.30. The van der Waals surface area contributed by atoms with E-state index in [2.05, 4.69) is 14.7 Å². The second-order valence-electron chi connectivity index (χ2n) is 4.56. The number of aromatic nitrogens is 2. The van der Waals surface area contributed by atoms with Crippen LogP contribution in [0.15, 0.2) is 17.2 Å². The molecule has 0 saturated carbocycles. The highest BCUT2D eigenvalue weighted by molar-refractivity contribution is 7.89. The lowest BCUT2D eigenvalue weighted by molar-refractivity contribution is 0.567. The van der Waals surface area contributed by atoms with E-state index in [1.54, 1.807) is 6.92 Å². The maximum atomic E-state index is 12.3. The van der Waals surface area contributed by atoms with Gasteiger partial charge in [0.05, 0.1) is 21.8 Å². The van der Waals surface area contributed by atoms with E-state index >= 15 is 0 Å². The highest BCUT2D eigenvalue weighted by Crippen LogP contribution is 2.26. The molecule has 0 spiro atoms. The van der Waals surface area contributed by atoms with Gasteiger partial charge in [-0.25, -0.2) is 23.1 Å². The maximum absolute atomic E-state index is 12.3. The van der Waals surface area contributed by atoms with Gasteiger partial charge in [0.25, 0.3) is 0 Å². The fourth-order valence-electron chi connectivity index (χ4n) is 1.88. The van der Waals surface area contributed by atoms with Gasteiger partial charge in [0.1, 0.15) is 10.7 Å². The first-order valence-electron chi connectivity index (χ1n) is 6.08. The van der Waals surface area contributed by atoms with Gasteiger partial charge in [-0.2, -0.15) is 0 Å². The molecule has 0 aliphatic heterocycles. The number of hydrogen-bond acceptors (Lipinski definition) is 6. The van der Waals surface area contributed by atoms with Crippen LogP contribution in [0, 0.1) is 13.8 Å². The molecular weight excluding hydrogens is 332 g/mol. The smallest absolute Gasteiger partial charge is 0.242 e. The van der Waals surface area contributed by atoms with Gasteiger partial charge in [-0.3, -0.25) is 0 Å². The molecule has 1 atom stereocenters. The number of rotatable bonds is 4. The predicted octanol–water partition coefficient (Wildman–Crippen LogP) is 2.43. The van der Waals surface area contributed by atoms with Crippen molar-refractivity contribution in [1.82, 2.24) is 14.7 Å². The lowest BCUT2D eigenvalue weighted by Gasteiger charge is -2.13. The zero-order valence-electron chi connectivity index (χ0n) is 11.7. The van der Waals surface area contributed by atoms with Crippen molar-refractivity contribution in [3.05, 3.63) is 32.9 Å². The Kier molecular flexibility index (Phi) is 4.52. The van der Waals surface area contributed by atoms with Crippen molar-refractivity contribution in [1.29, 1.82) is 0 Å². The number of nitrogens with zero attached hydrogens (tertiary/aromatic N) is 2. The molecule has 0 amide bonds. The molecule has 0 fully saturated rings. The molecule has 21 heavy (non-hydrogen) atoms. The first-order chi connectivity index (χ1) is 9.70. The quantitative estimate of drug-likeness (QED) is 0.885. The van der Waals surface area contributed by atoms with E-state index in [1.807, 2.05) is 13.8 Å². The Morgan fingerprint density at radius 1 is 1.43 bits per heavy atom. The van der Waals surface area contributed by atoms with Gasteiger partial charge < -0.3 is 5.73 Å². The molecule has 3 N–H and O–H groups in total. The van der Waals surface area contributed by atoms with Gasteiger partial charge in [0, 0.05) is 11.1 Å². The van der Waals surface area contributed by atoms with E-state index in [0.717, 1.165) is 15.6 Å². The summed E-state index contributed by atoms with van der Waals surface area (Å²) < 4.78 is 27.3. The summed E-state index contributed by atoms with van der Waals surface area (Å²) in [5.41, 5.74) is 6.30. The maximum Gasteiger partial charge on any atom is 0.242 e. The predicted molar refractivity (Wildman–Crippen MR) is 84.0 cm³/mol. The van der Waals surface area contributed by atoms with Gasteiger partial charge in [-0.15, -0.1) is 11.3 Å². The van der Waals surface area contributed by atoms with Gasteiger partial charge >= 0.3 is 0 Å². The van der Waals surface area contributed by atoms with Gasteiger partial charge in [0.2, 0.25) is 10.0 Å². The number of halogens is 1. The molecule has 0 aliphatic rings. The highest BCUT2D eigenvalue weighted by atomic mass is 35.5. The topological polar surface area (TPSA) is 98.0 Å². The molecule has 2 rings (SSSR count). The van der Waals surface area contributed by atoms with Crippen molar-refractivity contribution in [2.75, 3.05) is 5.73 Å². The summed E-state index contributed by atoms with van der Waals surface area (Å²) in [4.78, 5) is 8.92. The number of nitrogens with one attached hydrogen (secondary N) is 1. The third-order valence-corrected chi connectivity index (χ3v) is 5.89. The molecule has 9 heteroatoms. The summed E-state index contributed by atoms with van der Waals surface area (Å²) in [5.74, 6) is 0.0950. The molecule has 0 radical (unpaired) electrons. The van der Waals surface area contributed by atoms with Gasteiger partial charge in [-0.05, 0) is 26.8 Å².